The Morgan fingerprint density at radius 1 is 1.26 bits per heavy atom. The van der Waals surface area contributed by atoms with Crippen LogP contribution in [-0.2, 0) is 11.3 Å². The highest BCUT2D eigenvalue weighted by atomic mass is 19.1. The van der Waals surface area contributed by atoms with Crippen molar-refractivity contribution < 1.29 is 17.9 Å². The standard InChI is InChI=1S/C20H25F2N3O2/c1-2-23-20(24-9-5-10-26-13-14-6-4-11-27-14)25-18-12-15(18)19-16(21)7-3-8-17(19)22/h3-4,6-8,11,15,18H,2,5,9-10,12-13H2,1H3,(H2,23,24,25). The molecule has 0 radical (unpaired) electrons. The summed E-state index contributed by atoms with van der Waals surface area (Å²) in [5.74, 6) is 0.327. The topological polar surface area (TPSA) is 58.8 Å². The number of ether oxygens (including phenoxy) is 1. The molecule has 146 valence electrons. The second kappa shape index (κ2) is 9.50. The fraction of sp³-hybridized carbons (Fsp3) is 0.450. The number of nitrogens with zero attached hydrogens (tertiary/aromatic N) is 1. The third-order valence-corrected chi connectivity index (χ3v) is 4.37. The van der Waals surface area contributed by atoms with Crippen LogP contribution in [0.5, 0.6) is 0 Å². The minimum Gasteiger partial charge on any atom is -0.467 e. The SMILES string of the molecule is CCNC(=NCCCOCc1ccco1)NC1CC1c1c(F)cccc1F. The lowest BCUT2D eigenvalue weighted by Crippen LogP contribution is -2.39. The molecule has 5 nitrogen and oxygen atoms in total. The first kappa shape index (κ1) is 19.4. The molecule has 1 aromatic carbocycles. The van der Waals surface area contributed by atoms with Gasteiger partial charge in [-0.15, -0.1) is 0 Å². The predicted octanol–water partition coefficient (Wildman–Crippen LogP) is 3.58. The molecule has 0 amide bonds. The van der Waals surface area contributed by atoms with Crippen LogP contribution in [0.25, 0.3) is 0 Å². The lowest BCUT2D eigenvalue weighted by Gasteiger charge is -2.12. The van der Waals surface area contributed by atoms with Gasteiger partial charge < -0.3 is 19.8 Å². The summed E-state index contributed by atoms with van der Waals surface area (Å²) in [5, 5.41) is 6.42. The molecule has 2 atom stereocenters. The first-order valence-electron chi connectivity index (χ1n) is 9.28. The van der Waals surface area contributed by atoms with Crippen molar-refractivity contribution in [1.82, 2.24) is 10.6 Å². The van der Waals surface area contributed by atoms with Crippen molar-refractivity contribution in [2.45, 2.75) is 38.3 Å². The smallest absolute Gasteiger partial charge is 0.191 e. The summed E-state index contributed by atoms with van der Waals surface area (Å²) in [6.45, 7) is 4.32. The summed E-state index contributed by atoms with van der Waals surface area (Å²) in [5.41, 5.74) is 0.164. The first-order chi connectivity index (χ1) is 13.2. The number of nitrogens with one attached hydrogen (secondary N) is 2. The molecule has 2 N–H and O–H groups in total. The molecule has 0 bridgehead atoms. The summed E-state index contributed by atoms with van der Waals surface area (Å²) in [6.07, 6.45) is 3.08. The molecule has 1 aliphatic carbocycles. The van der Waals surface area contributed by atoms with Crippen molar-refractivity contribution in [2.24, 2.45) is 4.99 Å². The van der Waals surface area contributed by atoms with Crippen molar-refractivity contribution in [3.05, 3.63) is 59.6 Å². The minimum atomic E-state index is -0.486. The van der Waals surface area contributed by atoms with Crippen LogP contribution in [0, 0.1) is 11.6 Å². The molecule has 1 heterocycles. The second-order valence-corrected chi connectivity index (χ2v) is 6.47. The summed E-state index contributed by atoms with van der Waals surface area (Å²) in [4.78, 5) is 4.50. The van der Waals surface area contributed by atoms with Gasteiger partial charge in [-0.25, -0.2) is 8.78 Å². The van der Waals surface area contributed by atoms with Gasteiger partial charge in [-0.3, -0.25) is 4.99 Å². The molecule has 7 heteroatoms. The number of halogens is 2. The lowest BCUT2D eigenvalue weighted by molar-refractivity contribution is 0.105. The van der Waals surface area contributed by atoms with Gasteiger partial charge >= 0.3 is 0 Å². The highest BCUT2D eigenvalue weighted by Crippen LogP contribution is 2.43. The van der Waals surface area contributed by atoms with Crippen molar-refractivity contribution in [3.63, 3.8) is 0 Å². The zero-order chi connectivity index (χ0) is 19.1. The zero-order valence-corrected chi connectivity index (χ0v) is 15.4. The fourth-order valence-electron chi connectivity index (χ4n) is 2.96. The van der Waals surface area contributed by atoms with E-state index in [0.717, 1.165) is 12.2 Å². The van der Waals surface area contributed by atoms with Crippen LogP contribution in [0.1, 0.15) is 37.0 Å². The van der Waals surface area contributed by atoms with Gasteiger partial charge in [-0.05, 0) is 44.0 Å². The van der Waals surface area contributed by atoms with E-state index in [9.17, 15) is 8.78 Å². The number of hydrogen-bond donors (Lipinski definition) is 2. The average Bonchev–Trinajstić information content (AvgIpc) is 3.17. The highest BCUT2D eigenvalue weighted by molar-refractivity contribution is 5.80. The maximum atomic E-state index is 13.9. The Balaban J connectivity index is 1.43. The van der Waals surface area contributed by atoms with E-state index in [1.807, 2.05) is 19.1 Å². The Morgan fingerprint density at radius 2 is 2.07 bits per heavy atom. The van der Waals surface area contributed by atoms with E-state index in [1.54, 1.807) is 6.26 Å². The molecule has 1 aromatic heterocycles. The molecule has 0 aliphatic heterocycles. The number of hydrogen-bond acceptors (Lipinski definition) is 3. The molecule has 3 rings (SSSR count). The fourth-order valence-corrected chi connectivity index (χ4v) is 2.96. The van der Waals surface area contributed by atoms with Gasteiger partial charge in [0.15, 0.2) is 5.96 Å². The molecular weight excluding hydrogens is 352 g/mol. The minimum absolute atomic E-state index is 0.00981. The first-order valence-corrected chi connectivity index (χ1v) is 9.28. The van der Waals surface area contributed by atoms with Gasteiger partial charge in [-0.2, -0.15) is 0 Å². The number of benzene rings is 1. The van der Waals surface area contributed by atoms with Crippen molar-refractivity contribution in [3.8, 4) is 0 Å². The number of guanidine groups is 1. The second-order valence-electron chi connectivity index (χ2n) is 6.47. The maximum absolute atomic E-state index is 13.9. The van der Waals surface area contributed by atoms with E-state index in [1.165, 1.54) is 18.2 Å². The van der Waals surface area contributed by atoms with Gasteiger partial charge in [0.25, 0.3) is 0 Å². The van der Waals surface area contributed by atoms with Gasteiger partial charge in [0.05, 0.1) is 6.26 Å². The van der Waals surface area contributed by atoms with Gasteiger partial charge in [0, 0.05) is 37.2 Å². The lowest BCUT2D eigenvalue weighted by atomic mass is 10.1. The Morgan fingerprint density at radius 3 is 2.78 bits per heavy atom. The molecule has 1 saturated carbocycles. The van der Waals surface area contributed by atoms with E-state index in [0.29, 0.717) is 38.7 Å². The Kier molecular flexibility index (Phi) is 6.81. The van der Waals surface area contributed by atoms with E-state index >= 15 is 0 Å². The Bertz CT molecular complexity index is 729. The molecule has 2 aromatic rings. The van der Waals surface area contributed by atoms with Crippen LogP contribution in [0.3, 0.4) is 0 Å². The molecule has 0 spiro atoms. The van der Waals surface area contributed by atoms with Gasteiger partial charge in [0.2, 0.25) is 0 Å². The van der Waals surface area contributed by atoms with Crippen LogP contribution in [0.2, 0.25) is 0 Å². The Hall–Kier alpha value is -2.41. The summed E-state index contributed by atoms with van der Waals surface area (Å²) < 4.78 is 38.5. The van der Waals surface area contributed by atoms with Crippen molar-refractivity contribution >= 4 is 5.96 Å². The highest BCUT2D eigenvalue weighted by Gasteiger charge is 2.42. The van der Waals surface area contributed by atoms with Crippen LogP contribution in [0.4, 0.5) is 8.78 Å². The van der Waals surface area contributed by atoms with Crippen molar-refractivity contribution in [1.29, 1.82) is 0 Å². The summed E-state index contributed by atoms with van der Waals surface area (Å²) >= 11 is 0. The van der Waals surface area contributed by atoms with Crippen molar-refractivity contribution in [2.75, 3.05) is 19.7 Å². The van der Waals surface area contributed by atoms with Gasteiger partial charge in [-0.1, -0.05) is 6.07 Å². The van der Waals surface area contributed by atoms with Crippen LogP contribution < -0.4 is 10.6 Å². The van der Waals surface area contributed by atoms with Crippen LogP contribution >= 0.6 is 0 Å². The van der Waals surface area contributed by atoms with Crippen LogP contribution in [0.15, 0.2) is 46.0 Å². The number of aliphatic imine (C=N–C) groups is 1. The molecule has 1 aliphatic rings. The van der Waals surface area contributed by atoms with E-state index in [-0.39, 0.29) is 17.5 Å². The largest absolute Gasteiger partial charge is 0.467 e. The Labute approximate surface area is 157 Å². The third kappa shape index (κ3) is 5.53. The summed E-state index contributed by atoms with van der Waals surface area (Å²) in [7, 11) is 0. The number of rotatable bonds is 9. The van der Waals surface area contributed by atoms with E-state index < -0.39 is 11.6 Å². The quantitative estimate of drug-likeness (QED) is 0.398. The summed E-state index contributed by atoms with van der Waals surface area (Å²) in [6, 6.07) is 7.68. The molecule has 0 saturated heterocycles. The van der Waals surface area contributed by atoms with Gasteiger partial charge in [0.1, 0.15) is 24.0 Å². The normalized spacial score (nSPS) is 19.1. The van der Waals surface area contributed by atoms with E-state index in [2.05, 4.69) is 15.6 Å². The van der Waals surface area contributed by atoms with E-state index in [4.69, 9.17) is 9.15 Å². The molecule has 27 heavy (non-hydrogen) atoms. The average molecular weight is 377 g/mol. The predicted molar refractivity (Wildman–Crippen MR) is 99.6 cm³/mol. The molecular formula is C20H25F2N3O2. The third-order valence-electron chi connectivity index (χ3n) is 4.37. The zero-order valence-electron chi connectivity index (χ0n) is 15.4. The molecule has 2 unspecified atom stereocenters. The molecule has 1 fully saturated rings. The maximum Gasteiger partial charge on any atom is 0.191 e. The van der Waals surface area contributed by atoms with Crippen LogP contribution in [-0.4, -0.2) is 31.7 Å². The number of furan rings is 1. The monoisotopic (exact) mass is 377 g/mol.